The molecule has 0 spiro atoms. The summed E-state index contributed by atoms with van der Waals surface area (Å²) >= 11 is 0. The molecular weight excluding hydrogens is 230 g/mol. The third kappa shape index (κ3) is 1.64. The summed E-state index contributed by atoms with van der Waals surface area (Å²) in [7, 11) is 3.87. The zero-order chi connectivity index (χ0) is 12.7. The van der Waals surface area contributed by atoms with Crippen molar-refractivity contribution in [3.63, 3.8) is 0 Å². The van der Waals surface area contributed by atoms with Crippen LogP contribution in [-0.2, 0) is 0 Å². The highest BCUT2D eigenvalue weighted by atomic mass is 16.3. The third-order valence-electron chi connectivity index (χ3n) is 3.56. The van der Waals surface area contributed by atoms with E-state index in [1.807, 2.05) is 23.6 Å². The number of hydrogen-bond acceptors (Lipinski definition) is 5. The molecular formula is C12H17N5O. The number of aromatic nitrogens is 4. The molecule has 0 aliphatic heterocycles. The Morgan fingerprint density at radius 2 is 2.11 bits per heavy atom. The van der Waals surface area contributed by atoms with Gasteiger partial charge in [0.2, 0.25) is 0 Å². The first kappa shape index (κ1) is 11.4. The molecule has 0 aromatic carbocycles. The van der Waals surface area contributed by atoms with Crippen molar-refractivity contribution < 1.29 is 5.11 Å². The van der Waals surface area contributed by atoms with Gasteiger partial charge in [-0.15, -0.1) is 0 Å². The molecule has 96 valence electrons. The van der Waals surface area contributed by atoms with Crippen molar-refractivity contribution in [2.75, 3.05) is 19.0 Å². The second-order valence-electron chi connectivity index (χ2n) is 4.98. The maximum atomic E-state index is 10.00. The Hall–Kier alpha value is -1.69. The molecule has 2 atom stereocenters. The highest BCUT2D eigenvalue weighted by Crippen LogP contribution is 2.32. The van der Waals surface area contributed by atoms with Crippen molar-refractivity contribution in [2.45, 2.75) is 31.4 Å². The zero-order valence-corrected chi connectivity index (χ0v) is 10.6. The lowest BCUT2D eigenvalue weighted by Crippen LogP contribution is -2.18. The van der Waals surface area contributed by atoms with Crippen LogP contribution in [0.5, 0.6) is 0 Å². The monoisotopic (exact) mass is 247 g/mol. The third-order valence-corrected chi connectivity index (χ3v) is 3.56. The summed E-state index contributed by atoms with van der Waals surface area (Å²) in [5, 5.41) is 10.00. The highest BCUT2D eigenvalue weighted by Gasteiger charge is 2.28. The number of hydrogen-bond donors (Lipinski definition) is 1. The van der Waals surface area contributed by atoms with Gasteiger partial charge in [-0.2, -0.15) is 0 Å². The first-order chi connectivity index (χ1) is 8.68. The van der Waals surface area contributed by atoms with Gasteiger partial charge in [0.1, 0.15) is 6.33 Å². The van der Waals surface area contributed by atoms with Crippen molar-refractivity contribution in [2.24, 2.45) is 0 Å². The van der Waals surface area contributed by atoms with E-state index in [2.05, 4.69) is 15.0 Å². The van der Waals surface area contributed by atoms with Crippen LogP contribution in [0.2, 0.25) is 0 Å². The van der Waals surface area contributed by atoms with Crippen LogP contribution in [0.15, 0.2) is 12.7 Å². The molecule has 6 heteroatoms. The minimum atomic E-state index is -0.292. The summed E-state index contributed by atoms with van der Waals surface area (Å²) in [4.78, 5) is 14.9. The standard InChI is InChI=1S/C12H17N5O/c1-16(2)11-10-12(14-6-13-11)17(7-15-10)8-4-3-5-9(8)18/h6-9,18H,3-5H2,1-2H3/t8-,9-/m1/s1. The molecule has 0 bridgehead atoms. The van der Waals surface area contributed by atoms with Crippen LogP contribution in [-0.4, -0.2) is 44.8 Å². The van der Waals surface area contributed by atoms with Crippen LogP contribution in [0.1, 0.15) is 25.3 Å². The van der Waals surface area contributed by atoms with E-state index in [9.17, 15) is 5.11 Å². The molecule has 1 fully saturated rings. The van der Waals surface area contributed by atoms with Gasteiger partial charge in [0, 0.05) is 14.1 Å². The Balaban J connectivity index is 2.12. The molecule has 0 radical (unpaired) electrons. The number of anilines is 1. The lowest BCUT2D eigenvalue weighted by atomic mass is 10.2. The molecule has 1 aliphatic carbocycles. The van der Waals surface area contributed by atoms with E-state index >= 15 is 0 Å². The molecule has 0 amide bonds. The Morgan fingerprint density at radius 1 is 1.28 bits per heavy atom. The molecule has 1 aliphatic rings. The number of aliphatic hydroxyl groups is 1. The van der Waals surface area contributed by atoms with Crippen LogP contribution in [0.25, 0.3) is 11.2 Å². The number of aliphatic hydroxyl groups excluding tert-OH is 1. The molecule has 18 heavy (non-hydrogen) atoms. The Morgan fingerprint density at radius 3 is 2.78 bits per heavy atom. The van der Waals surface area contributed by atoms with Crippen LogP contribution < -0.4 is 4.90 Å². The summed E-state index contributed by atoms with van der Waals surface area (Å²) in [6, 6.07) is 0.0971. The number of fused-ring (bicyclic) bond motifs is 1. The SMILES string of the molecule is CN(C)c1ncnc2c1ncn2[C@@H]1CCC[C@H]1O. The van der Waals surface area contributed by atoms with Crippen LogP contribution in [0.3, 0.4) is 0 Å². The number of imidazole rings is 1. The van der Waals surface area contributed by atoms with E-state index < -0.39 is 0 Å². The summed E-state index contributed by atoms with van der Waals surface area (Å²) in [6.45, 7) is 0. The number of nitrogens with zero attached hydrogens (tertiary/aromatic N) is 5. The Bertz CT molecular complexity index is 565. The second kappa shape index (κ2) is 4.20. The molecule has 2 aromatic rings. The van der Waals surface area contributed by atoms with Gasteiger partial charge in [-0.25, -0.2) is 15.0 Å². The van der Waals surface area contributed by atoms with Gasteiger partial charge in [-0.3, -0.25) is 0 Å². The largest absolute Gasteiger partial charge is 0.391 e. The topological polar surface area (TPSA) is 67.1 Å². The second-order valence-corrected chi connectivity index (χ2v) is 4.98. The lowest BCUT2D eigenvalue weighted by Gasteiger charge is -2.17. The van der Waals surface area contributed by atoms with Crippen molar-refractivity contribution >= 4 is 17.0 Å². The highest BCUT2D eigenvalue weighted by molar-refractivity contribution is 5.83. The van der Waals surface area contributed by atoms with E-state index in [1.165, 1.54) is 0 Å². The maximum absolute atomic E-state index is 10.00. The predicted molar refractivity (Wildman–Crippen MR) is 68.5 cm³/mol. The quantitative estimate of drug-likeness (QED) is 0.856. The molecule has 0 saturated heterocycles. The van der Waals surface area contributed by atoms with Crippen LogP contribution >= 0.6 is 0 Å². The molecule has 6 nitrogen and oxygen atoms in total. The maximum Gasteiger partial charge on any atom is 0.165 e. The average Bonchev–Trinajstić information content (AvgIpc) is 2.93. The fourth-order valence-corrected chi connectivity index (χ4v) is 2.65. The van der Waals surface area contributed by atoms with Gasteiger partial charge in [0.25, 0.3) is 0 Å². The first-order valence-electron chi connectivity index (χ1n) is 6.21. The van der Waals surface area contributed by atoms with E-state index in [-0.39, 0.29) is 12.1 Å². The van der Waals surface area contributed by atoms with Gasteiger partial charge in [-0.1, -0.05) is 0 Å². The van der Waals surface area contributed by atoms with Crippen molar-refractivity contribution in [1.29, 1.82) is 0 Å². The zero-order valence-electron chi connectivity index (χ0n) is 10.6. The van der Waals surface area contributed by atoms with Crippen molar-refractivity contribution in [3.05, 3.63) is 12.7 Å². The Labute approximate surface area is 105 Å². The molecule has 1 N–H and O–H groups in total. The minimum Gasteiger partial charge on any atom is -0.391 e. The van der Waals surface area contributed by atoms with Gasteiger partial charge < -0.3 is 14.6 Å². The van der Waals surface area contributed by atoms with E-state index in [4.69, 9.17) is 0 Å². The van der Waals surface area contributed by atoms with Crippen molar-refractivity contribution in [3.8, 4) is 0 Å². The van der Waals surface area contributed by atoms with E-state index in [0.717, 1.165) is 36.2 Å². The summed E-state index contributed by atoms with van der Waals surface area (Å²) in [5.41, 5.74) is 1.60. The number of rotatable bonds is 2. The van der Waals surface area contributed by atoms with Gasteiger partial charge >= 0.3 is 0 Å². The molecule has 1 saturated carbocycles. The van der Waals surface area contributed by atoms with Gasteiger partial charge in [0.05, 0.1) is 18.5 Å². The van der Waals surface area contributed by atoms with Gasteiger partial charge in [-0.05, 0) is 19.3 Å². The van der Waals surface area contributed by atoms with Gasteiger partial charge in [0.15, 0.2) is 17.0 Å². The normalized spacial score (nSPS) is 23.7. The molecule has 0 unspecified atom stereocenters. The van der Waals surface area contributed by atoms with E-state index in [0.29, 0.717) is 0 Å². The molecule has 3 rings (SSSR count). The fraction of sp³-hybridized carbons (Fsp3) is 0.583. The van der Waals surface area contributed by atoms with E-state index in [1.54, 1.807) is 12.7 Å². The summed E-state index contributed by atoms with van der Waals surface area (Å²) in [5.74, 6) is 0.811. The average molecular weight is 247 g/mol. The molecule has 2 heterocycles. The lowest BCUT2D eigenvalue weighted by molar-refractivity contribution is 0.138. The summed E-state index contributed by atoms with van der Waals surface area (Å²) in [6.07, 6.45) is 5.92. The summed E-state index contributed by atoms with van der Waals surface area (Å²) < 4.78 is 1.99. The molecule has 2 aromatic heterocycles. The smallest absolute Gasteiger partial charge is 0.165 e. The van der Waals surface area contributed by atoms with Crippen molar-refractivity contribution in [1.82, 2.24) is 19.5 Å². The minimum absolute atomic E-state index is 0.0971. The van der Waals surface area contributed by atoms with Crippen LogP contribution in [0.4, 0.5) is 5.82 Å². The fourth-order valence-electron chi connectivity index (χ4n) is 2.65. The van der Waals surface area contributed by atoms with Crippen LogP contribution in [0, 0.1) is 0 Å². The Kier molecular flexibility index (Phi) is 2.66. The predicted octanol–water partition coefficient (Wildman–Crippen LogP) is 0.978. The first-order valence-corrected chi connectivity index (χ1v) is 6.21.